The van der Waals surface area contributed by atoms with Gasteiger partial charge in [0.25, 0.3) is 0 Å². The van der Waals surface area contributed by atoms with Crippen molar-refractivity contribution in [3.8, 4) is 0 Å². The summed E-state index contributed by atoms with van der Waals surface area (Å²) in [5, 5.41) is 0.703. The second-order valence-electron chi connectivity index (χ2n) is 5.72. The van der Waals surface area contributed by atoms with Gasteiger partial charge in [-0.15, -0.1) is 0 Å². The van der Waals surface area contributed by atoms with Crippen LogP contribution in [0, 0.1) is 0 Å². The van der Waals surface area contributed by atoms with E-state index in [0.29, 0.717) is 11.1 Å². The van der Waals surface area contributed by atoms with Crippen LogP contribution in [0.15, 0.2) is 18.2 Å². The second-order valence-corrected chi connectivity index (χ2v) is 6.13. The van der Waals surface area contributed by atoms with Gasteiger partial charge in [0.1, 0.15) is 11.2 Å². The van der Waals surface area contributed by atoms with E-state index in [1.807, 2.05) is 18.2 Å². The molecular weight excluding hydrogens is 276 g/mol. The summed E-state index contributed by atoms with van der Waals surface area (Å²) in [6, 6.07) is 6.16. The highest BCUT2D eigenvalue weighted by molar-refractivity contribution is 6.35. The van der Waals surface area contributed by atoms with Crippen LogP contribution in [0.4, 0.5) is 0 Å². The number of para-hydroxylation sites is 1. The van der Waals surface area contributed by atoms with Crippen molar-refractivity contribution in [1.29, 1.82) is 0 Å². The highest BCUT2D eigenvalue weighted by Crippen LogP contribution is 2.52. The summed E-state index contributed by atoms with van der Waals surface area (Å²) in [5.74, 6) is 0.667. The molecule has 2 aromatic rings. The summed E-state index contributed by atoms with van der Waals surface area (Å²) in [7, 11) is 1.44. The Hall–Kier alpha value is -1.55. The third-order valence-electron chi connectivity index (χ3n) is 4.33. The lowest BCUT2D eigenvalue weighted by molar-refractivity contribution is -0.144. The summed E-state index contributed by atoms with van der Waals surface area (Å²) in [6.45, 7) is 0. The number of carbonyl (C=O) groups is 1. The predicted molar refractivity (Wildman–Crippen MR) is 75.9 cm³/mol. The third-order valence-corrected chi connectivity index (χ3v) is 4.63. The van der Waals surface area contributed by atoms with Crippen LogP contribution in [-0.4, -0.2) is 22.6 Å². The lowest BCUT2D eigenvalue weighted by Crippen LogP contribution is -2.26. The molecule has 0 bridgehead atoms. The molecule has 0 unspecified atom stereocenters. The number of methoxy groups -OCH3 is 1. The number of nitrogens with zero attached hydrogens (tertiary/aromatic N) is 2. The molecule has 2 fully saturated rings. The molecule has 0 radical (unpaired) electrons. The number of benzene rings is 1. The molecular formula is C15H15ClN2O2. The lowest BCUT2D eigenvalue weighted by atomic mass is 10.1. The Morgan fingerprint density at radius 2 is 2.20 bits per heavy atom. The van der Waals surface area contributed by atoms with Gasteiger partial charge in [0.05, 0.1) is 23.2 Å². The molecule has 0 atom stereocenters. The summed E-state index contributed by atoms with van der Waals surface area (Å²) in [5.41, 5.74) is 1.29. The van der Waals surface area contributed by atoms with Crippen molar-refractivity contribution in [2.45, 2.75) is 37.1 Å². The van der Waals surface area contributed by atoms with Crippen molar-refractivity contribution in [3.63, 3.8) is 0 Å². The fourth-order valence-electron chi connectivity index (χ4n) is 2.97. The molecule has 1 aromatic carbocycles. The molecule has 5 heteroatoms. The fourth-order valence-corrected chi connectivity index (χ4v) is 3.23. The van der Waals surface area contributed by atoms with E-state index in [4.69, 9.17) is 21.3 Å². The summed E-state index contributed by atoms with van der Waals surface area (Å²) in [6.07, 6.45) is 3.88. The number of carbonyl (C=O) groups excluding carboxylic acids is 1. The first-order valence-electron chi connectivity index (χ1n) is 6.93. The van der Waals surface area contributed by atoms with Crippen LogP contribution in [0.3, 0.4) is 0 Å². The number of fused-ring (bicyclic) bond motifs is 1. The number of rotatable bonds is 3. The van der Waals surface area contributed by atoms with E-state index in [9.17, 15) is 4.79 Å². The minimum atomic E-state index is -0.542. The van der Waals surface area contributed by atoms with E-state index in [-0.39, 0.29) is 5.97 Å². The number of hydrogen-bond donors (Lipinski definition) is 0. The Balaban J connectivity index is 1.98. The quantitative estimate of drug-likeness (QED) is 0.815. The minimum Gasteiger partial charge on any atom is -0.468 e. The lowest BCUT2D eigenvalue weighted by Gasteiger charge is -2.15. The monoisotopic (exact) mass is 290 g/mol. The van der Waals surface area contributed by atoms with Crippen molar-refractivity contribution >= 4 is 28.6 Å². The van der Waals surface area contributed by atoms with Crippen LogP contribution in [0.25, 0.3) is 11.0 Å². The Morgan fingerprint density at radius 3 is 2.80 bits per heavy atom. The maximum atomic E-state index is 12.1. The van der Waals surface area contributed by atoms with Gasteiger partial charge in [0.15, 0.2) is 0 Å². The van der Waals surface area contributed by atoms with E-state index in [2.05, 4.69) is 4.57 Å². The molecule has 0 saturated heterocycles. The van der Waals surface area contributed by atoms with Crippen LogP contribution in [0.2, 0.25) is 5.02 Å². The molecule has 1 aromatic heterocycles. The molecule has 1 heterocycles. The molecule has 4 rings (SSSR count). The zero-order valence-electron chi connectivity index (χ0n) is 11.2. The van der Waals surface area contributed by atoms with E-state index in [1.54, 1.807) is 0 Å². The SMILES string of the molecule is COC(=O)C1(c2nc3cccc(Cl)c3n2C2CC2)CC1. The van der Waals surface area contributed by atoms with Gasteiger partial charge in [-0.05, 0) is 37.8 Å². The van der Waals surface area contributed by atoms with Crippen LogP contribution in [0.5, 0.6) is 0 Å². The van der Waals surface area contributed by atoms with E-state index < -0.39 is 5.41 Å². The van der Waals surface area contributed by atoms with Gasteiger partial charge in [-0.3, -0.25) is 4.79 Å². The number of imidazole rings is 1. The first-order valence-corrected chi connectivity index (χ1v) is 7.30. The molecule has 20 heavy (non-hydrogen) atoms. The van der Waals surface area contributed by atoms with Gasteiger partial charge in [-0.2, -0.15) is 0 Å². The van der Waals surface area contributed by atoms with Gasteiger partial charge in [-0.25, -0.2) is 4.98 Å². The summed E-state index contributed by atoms with van der Waals surface area (Å²) in [4.78, 5) is 16.9. The van der Waals surface area contributed by atoms with Crippen LogP contribution in [-0.2, 0) is 14.9 Å². The van der Waals surface area contributed by atoms with Crippen LogP contribution >= 0.6 is 11.6 Å². The van der Waals surface area contributed by atoms with Gasteiger partial charge < -0.3 is 9.30 Å². The Labute approximate surface area is 121 Å². The first kappa shape index (κ1) is 12.2. The Bertz CT molecular complexity index is 714. The highest BCUT2D eigenvalue weighted by atomic mass is 35.5. The van der Waals surface area contributed by atoms with Gasteiger partial charge in [-0.1, -0.05) is 17.7 Å². The topological polar surface area (TPSA) is 44.1 Å². The van der Waals surface area contributed by atoms with Crippen molar-refractivity contribution in [3.05, 3.63) is 29.0 Å². The average Bonchev–Trinajstić information content (AvgIpc) is 3.36. The average molecular weight is 291 g/mol. The van der Waals surface area contributed by atoms with Crippen molar-refractivity contribution < 1.29 is 9.53 Å². The first-order chi connectivity index (χ1) is 9.67. The van der Waals surface area contributed by atoms with E-state index in [0.717, 1.165) is 42.5 Å². The number of halogens is 1. The maximum absolute atomic E-state index is 12.1. The predicted octanol–water partition coefficient (Wildman–Crippen LogP) is 3.23. The van der Waals surface area contributed by atoms with E-state index in [1.165, 1.54) is 7.11 Å². The second kappa shape index (κ2) is 3.98. The highest BCUT2D eigenvalue weighted by Gasteiger charge is 2.57. The van der Waals surface area contributed by atoms with Gasteiger partial charge >= 0.3 is 5.97 Å². The number of hydrogen-bond acceptors (Lipinski definition) is 3. The van der Waals surface area contributed by atoms with E-state index >= 15 is 0 Å². The standard InChI is InChI=1S/C15H15ClN2O2/c1-20-14(19)15(7-8-15)13-17-11-4-2-3-10(16)12(11)18(13)9-5-6-9/h2-4,9H,5-8H2,1H3. The molecule has 0 aliphatic heterocycles. The molecule has 0 N–H and O–H groups in total. The number of ether oxygens (including phenoxy) is 1. The molecule has 2 aliphatic rings. The van der Waals surface area contributed by atoms with Crippen LogP contribution < -0.4 is 0 Å². The van der Waals surface area contributed by atoms with Crippen molar-refractivity contribution in [2.24, 2.45) is 0 Å². The summed E-state index contributed by atoms with van der Waals surface area (Å²) >= 11 is 6.35. The number of esters is 1. The molecule has 104 valence electrons. The Morgan fingerprint density at radius 1 is 1.45 bits per heavy atom. The van der Waals surface area contributed by atoms with Crippen molar-refractivity contribution in [2.75, 3.05) is 7.11 Å². The van der Waals surface area contributed by atoms with Crippen molar-refractivity contribution in [1.82, 2.24) is 9.55 Å². The normalized spacial score (nSPS) is 20.1. The molecule has 2 saturated carbocycles. The smallest absolute Gasteiger partial charge is 0.319 e. The minimum absolute atomic E-state index is 0.175. The fraction of sp³-hybridized carbons (Fsp3) is 0.467. The van der Waals surface area contributed by atoms with Gasteiger partial charge in [0, 0.05) is 6.04 Å². The molecule has 4 nitrogen and oxygen atoms in total. The zero-order chi connectivity index (χ0) is 13.9. The largest absolute Gasteiger partial charge is 0.468 e. The molecule has 0 amide bonds. The number of aromatic nitrogens is 2. The summed E-state index contributed by atoms with van der Waals surface area (Å²) < 4.78 is 7.17. The molecule has 0 spiro atoms. The van der Waals surface area contributed by atoms with Crippen LogP contribution in [0.1, 0.15) is 37.5 Å². The Kier molecular flexibility index (Phi) is 2.43. The zero-order valence-corrected chi connectivity index (χ0v) is 12.0. The molecule has 2 aliphatic carbocycles. The third kappa shape index (κ3) is 1.54. The van der Waals surface area contributed by atoms with Gasteiger partial charge in [0.2, 0.25) is 0 Å². The maximum Gasteiger partial charge on any atom is 0.319 e.